The number of benzene rings is 1. The van der Waals surface area contributed by atoms with Crippen molar-refractivity contribution in [1.29, 1.82) is 0 Å². The molecule has 2 aromatic rings. The molecule has 0 atom stereocenters. The van der Waals surface area contributed by atoms with E-state index in [-0.39, 0.29) is 0 Å². The third kappa shape index (κ3) is 2.83. The van der Waals surface area contributed by atoms with E-state index in [1.54, 1.807) is 0 Å². The standard InChI is InChI=1S/C19H24N4/c1-22(2)13-14-6-3-7-15(12-14)18-16-8-4-9-17(16)20-19(21-18)23-10-5-11-23/h3,6-7,12H,4-5,8-11,13H2,1-2H3. The first kappa shape index (κ1) is 14.6. The van der Waals surface area contributed by atoms with E-state index < -0.39 is 0 Å². The van der Waals surface area contributed by atoms with Crippen LogP contribution in [0, 0.1) is 0 Å². The zero-order chi connectivity index (χ0) is 15.8. The Bertz CT molecular complexity index is 719. The van der Waals surface area contributed by atoms with Gasteiger partial charge in [0.05, 0.1) is 5.69 Å². The van der Waals surface area contributed by atoms with Crippen molar-refractivity contribution in [1.82, 2.24) is 14.9 Å². The third-order valence-electron chi connectivity index (χ3n) is 4.76. The molecule has 0 amide bonds. The molecule has 2 aliphatic rings. The van der Waals surface area contributed by atoms with E-state index in [0.29, 0.717) is 0 Å². The molecule has 1 aromatic carbocycles. The van der Waals surface area contributed by atoms with Crippen LogP contribution in [0.1, 0.15) is 29.7 Å². The molecule has 0 unspecified atom stereocenters. The molecule has 1 saturated heterocycles. The van der Waals surface area contributed by atoms with Crippen molar-refractivity contribution in [3.05, 3.63) is 41.1 Å². The van der Waals surface area contributed by atoms with Crippen LogP contribution in [0.4, 0.5) is 5.95 Å². The van der Waals surface area contributed by atoms with E-state index in [1.807, 2.05) is 0 Å². The van der Waals surface area contributed by atoms with Gasteiger partial charge in [0.1, 0.15) is 0 Å². The molecule has 23 heavy (non-hydrogen) atoms. The predicted octanol–water partition coefficient (Wildman–Crippen LogP) is 2.90. The Morgan fingerprint density at radius 3 is 2.70 bits per heavy atom. The molecule has 1 fully saturated rings. The summed E-state index contributed by atoms with van der Waals surface area (Å²) >= 11 is 0. The van der Waals surface area contributed by atoms with Crippen LogP contribution >= 0.6 is 0 Å². The van der Waals surface area contributed by atoms with E-state index in [0.717, 1.165) is 44.1 Å². The molecule has 4 rings (SSSR count). The first-order valence-electron chi connectivity index (χ1n) is 8.59. The van der Waals surface area contributed by atoms with E-state index in [4.69, 9.17) is 9.97 Å². The van der Waals surface area contributed by atoms with Crippen molar-refractivity contribution < 1.29 is 0 Å². The smallest absolute Gasteiger partial charge is 0.226 e. The molecule has 1 aliphatic heterocycles. The normalized spacial score (nSPS) is 16.6. The summed E-state index contributed by atoms with van der Waals surface area (Å²) < 4.78 is 0. The summed E-state index contributed by atoms with van der Waals surface area (Å²) in [6, 6.07) is 8.84. The molecule has 2 heterocycles. The maximum Gasteiger partial charge on any atom is 0.226 e. The van der Waals surface area contributed by atoms with Crippen molar-refractivity contribution in [2.24, 2.45) is 0 Å². The van der Waals surface area contributed by atoms with E-state index in [2.05, 4.69) is 48.2 Å². The quantitative estimate of drug-likeness (QED) is 0.869. The summed E-state index contributed by atoms with van der Waals surface area (Å²) in [5.74, 6) is 0.935. The van der Waals surface area contributed by atoms with Gasteiger partial charge in [0, 0.05) is 36.5 Å². The summed E-state index contributed by atoms with van der Waals surface area (Å²) in [5.41, 5.74) is 6.39. The first-order chi connectivity index (χ1) is 11.2. The Morgan fingerprint density at radius 1 is 1.09 bits per heavy atom. The number of rotatable bonds is 4. The molecule has 0 radical (unpaired) electrons. The molecule has 4 heteroatoms. The van der Waals surface area contributed by atoms with Gasteiger partial charge in [-0.25, -0.2) is 9.97 Å². The molecule has 0 saturated carbocycles. The SMILES string of the molecule is CN(C)Cc1cccc(-c2nc(N3CCC3)nc3c2CCC3)c1. The fraction of sp³-hybridized carbons (Fsp3) is 0.474. The lowest BCUT2D eigenvalue weighted by Crippen LogP contribution is -2.38. The molecule has 1 aliphatic carbocycles. The summed E-state index contributed by atoms with van der Waals surface area (Å²) in [6.45, 7) is 3.15. The van der Waals surface area contributed by atoms with E-state index in [9.17, 15) is 0 Å². The lowest BCUT2D eigenvalue weighted by Gasteiger charge is -2.31. The lowest BCUT2D eigenvalue weighted by molar-refractivity contribution is 0.402. The van der Waals surface area contributed by atoms with Crippen LogP contribution in [0.25, 0.3) is 11.3 Å². The van der Waals surface area contributed by atoms with Crippen molar-refractivity contribution in [2.75, 3.05) is 32.1 Å². The maximum absolute atomic E-state index is 4.96. The highest BCUT2D eigenvalue weighted by Crippen LogP contribution is 2.33. The highest BCUT2D eigenvalue weighted by Gasteiger charge is 2.24. The number of anilines is 1. The highest BCUT2D eigenvalue weighted by atomic mass is 15.3. The minimum atomic E-state index is 0.935. The molecule has 0 spiro atoms. The second-order valence-corrected chi connectivity index (χ2v) is 6.93. The number of aromatic nitrogens is 2. The van der Waals surface area contributed by atoms with Gasteiger partial charge in [-0.2, -0.15) is 0 Å². The number of hydrogen-bond donors (Lipinski definition) is 0. The van der Waals surface area contributed by atoms with Gasteiger partial charge in [-0.15, -0.1) is 0 Å². The Morgan fingerprint density at radius 2 is 1.96 bits per heavy atom. The molecule has 120 valence electrons. The summed E-state index contributed by atoms with van der Waals surface area (Å²) in [7, 11) is 4.22. The van der Waals surface area contributed by atoms with Gasteiger partial charge in [-0.3, -0.25) is 0 Å². The Balaban J connectivity index is 1.77. The van der Waals surface area contributed by atoms with Crippen LogP contribution in [-0.2, 0) is 19.4 Å². The minimum absolute atomic E-state index is 0.935. The zero-order valence-corrected chi connectivity index (χ0v) is 14.0. The largest absolute Gasteiger partial charge is 0.341 e. The average molecular weight is 308 g/mol. The van der Waals surface area contributed by atoms with Gasteiger partial charge in [0.15, 0.2) is 0 Å². The second kappa shape index (κ2) is 5.93. The number of aryl methyl sites for hydroxylation is 1. The second-order valence-electron chi connectivity index (χ2n) is 6.93. The summed E-state index contributed by atoms with van der Waals surface area (Å²) in [6.07, 6.45) is 4.68. The Kier molecular flexibility index (Phi) is 3.77. The van der Waals surface area contributed by atoms with Crippen LogP contribution in [-0.4, -0.2) is 42.1 Å². The molecular weight excluding hydrogens is 284 g/mol. The molecule has 4 nitrogen and oxygen atoms in total. The number of hydrogen-bond acceptors (Lipinski definition) is 4. The van der Waals surface area contributed by atoms with Crippen molar-refractivity contribution in [3.8, 4) is 11.3 Å². The summed E-state index contributed by atoms with van der Waals surface area (Å²) in [5, 5.41) is 0. The third-order valence-corrected chi connectivity index (χ3v) is 4.76. The molecule has 1 aromatic heterocycles. The Labute approximate surface area is 138 Å². The molecule has 0 bridgehead atoms. The van der Waals surface area contributed by atoms with Gasteiger partial charge < -0.3 is 9.80 Å². The first-order valence-corrected chi connectivity index (χ1v) is 8.59. The van der Waals surface area contributed by atoms with Gasteiger partial charge in [-0.1, -0.05) is 18.2 Å². The molecule has 0 N–H and O–H groups in total. The maximum atomic E-state index is 4.96. The van der Waals surface area contributed by atoms with Gasteiger partial charge >= 0.3 is 0 Å². The van der Waals surface area contributed by atoms with Crippen molar-refractivity contribution in [2.45, 2.75) is 32.2 Å². The zero-order valence-electron chi connectivity index (χ0n) is 14.0. The fourth-order valence-electron chi connectivity index (χ4n) is 3.50. The lowest BCUT2D eigenvalue weighted by atomic mass is 10.0. The van der Waals surface area contributed by atoms with Crippen LogP contribution in [0.5, 0.6) is 0 Å². The van der Waals surface area contributed by atoms with E-state index in [1.165, 1.54) is 35.2 Å². The van der Waals surface area contributed by atoms with Gasteiger partial charge in [0.2, 0.25) is 5.95 Å². The number of fused-ring (bicyclic) bond motifs is 1. The van der Waals surface area contributed by atoms with Crippen molar-refractivity contribution in [3.63, 3.8) is 0 Å². The topological polar surface area (TPSA) is 32.3 Å². The highest BCUT2D eigenvalue weighted by molar-refractivity contribution is 5.67. The van der Waals surface area contributed by atoms with Crippen LogP contribution < -0.4 is 4.90 Å². The van der Waals surface area contributed by atoms with Gasteiger partial charge in [-0.05, 0) is 51.4 Å². The average Bonchev–Trinajstić information content (AvgIpc) is 2.92. The van der Waals surface area contributed by atoms with Crippen LogP contribution in [0.3, 0.4) is 0 Å². The van der Waals surface area contributed by atoms with Gasteiger partial charge in [0.25, 0.3) is 0 Å². The fourth-order valence-corrected chi connectivity index (χ4v) is 3.50. The predicted molar refractivity (Wildman–Crippen MR) is 93.7 cm³/mol. The van der Waals surface area contributed by atoms with Crippen LogP contribution in [0.2, 0.25) is 0 Å². The monoisotopic (exact) mass is 308 g/mol. The van der Waals surface area contributed by atoms with E-state index >= 15 is 0 Å². The summed E-state index contributed by atoms with van der Waals surface area (Å²) in [4.78, 5) is 14.3. The van der Waals surface area contributed by atoms with Crippen LogP contribution in [0.15, 0.2) is 24.3 Å². The van der Waals surface area contributed by atoms with Crippen molar-refractivity contribution >= 4 is 5.95 Å². The molecular formula is C19H24N4. The number of nitrogens with zero attached hydrogens (tertiary/aromatic N) is 4. The Hall–Kier alpha value is -1.94. The minimum Gasteiger partial charge on any atom is -0.341 e.